The van der Waals surface area contributed by atoms with Gasteiger partial charge in [-0.2, -0.15) is 0 Å². The summed E-state index contributed by atoms with van der Waals surface area (Å²) in [5.41, 5.74) is 2.14. The molecule has 1 amide bonds. The van der Waals surface area contributed by atoms with Gasteiger partial charge >= 0.3 is 0 Å². The monoisotopic (exact) mass is 373 g/mol. The number of aromatic nitrogens is 3. The van der Waals surface area contributed by atoms with E-state index in [0.717, 1.165) is 35.1 Å². The summed E-state index contributed by atoms with van der Waals surface area (Å²) in [7, 11) is 5.98. The van der Waals surface area contributed by atoms with Crippen molar-refractivity contribution in [1.29, 1.82) is 0 Å². The Morgan fingerprint density at radius 2 is 2.04 bits per heavy atom. The highest BCUT2D eigenvalue weighted by Crippen LogP contribution is 2.25. The minimum absolute atomic E-state index is 0.0843. The minimum Gasteiger partial charge on any atom is -0.378 e. The fourth-order valence-electron chi connectivity index (χ4n) is 3.26. The molecule has 1 heterocycles. The molecule has 1 saturated carbocycles. The first-order valence-corrected chi connectivity index (χ1v) is 10.1. The molecule has 0 unspecified atom stereocenters. The standard InChI is InChI=1S/C19H27N5OS/c1-23(2)16-11-7-8-14(12-16)18-21-22-19(24(18)3)26-13-17(25)20-15-9-5-4-6-10-15/h7-8,11-12,15H,4-6,9-10,13H2,1-3H3,(H,20,25). The van der Waals surface area contributed by atoms with Crippen LogP contribution in [0.15, 0.2) is 29.4 Å². The van der Waals surface area contributed by atoms with E-state index in [9.17, 15) is 4.79 Å². The molecule has 2 aromatic rings. The highest BCUT2D eigenvalue weighted by atomic mass is 32.2. The average Bonchev–Trinajstić information content (AvgIpc) is 3.01. The first-order valence-electron chi connectivity index (χ1n) is 9.14. The number of benzene rings is 1. The smallest absolute Gasteiger partial charge is 0.230 e. The molecule has 26 heavy (non-hydrogen) atoms. The number of nitrogens with zero attached hydrogens (tertiary/aromatic N) is 4. The van der Waals surface area contributed by atoms with Gasteiger partial charge in [-0.15, -0.1) is 10.2 Å². The highest BCUT2D eigenvalue weighted by molar-refractivity contribution is 7.99. The predicted molar refractivity (Wildman–Crippen MR) is 107 cm³/mol. The molecule has 0 bridgehead atoms. The van der Waals surface area contributed by atoms with Crippen LogP contribution in [0.4, 0.5) is 5.69 Å². The second-order valence-corrected chi connectivity index (χ2v) is 7.94. The van der Waals surface area contributed by atoms with Crippen molar-refractivity contribution in [1.82, 2.24) is 20.1 Å². The Kier molecular flexibility index (Phi) is 6.19. The lowest BCUT2D eigenvalue weighted by Crippen LogP contribution is -2.37. The third-order valence-electron chi connectivity index (χ3n) is 4.76. The van der Waals surface area contributed by atoms with E-state index in [4.69, 9.17) is 0 Å². The molecule has 7 heteroatoms. The predicted octanol–water partition coefficient (Wildman–Crippen LogP) is 3.09. The molecule has 0 aliphatic heterocycles. The SMILES string of the molecule is CN(C)c1cccc(-c2nnc(SCC(=O)NC3CCCCC3)n2C)c1. The molecule has 1 fully saturated rings. The third kappa shape index (κ3) is 4.58. The van der Waals surface area contributed by atoms with Gasteiger partial charge in [-0.3, -0.25) is 4.79 Å². The molecular formula is C19H27N5OS. The van der Waals surface area contributed by atoms with E-state index >= 15 is 0 Å². The van der Waals surface area contributed by atoms with E-state index in [1.54, 1.807) is 0 Å². The summed E-state index contributed by atoms with van der Waals surface area (Å²) in [6.07, 6.45) is 5.94. The maximum Gasteiger partial charge on any atom is 0.230 e. The maximum atomic E-state index is 12.2. The second kappa shape index (κ2) is 8.58. The number of carbonyl (C=O) groups excluding carboxylic acids is 1. The Hall–Kier alpha value is -2.02. The molecule has 1 aromatic heterocycles. The maximum absolute atomic E-state index is 12.2. The zero-order chi connectivity index (χ0) is 18.5. The van der Waals surface area contributed by atoms with Gasteiger partial charge in [0.2, 0.25) is 5.91 Å². The average molecular weight is 374 g/mol. The summed E-state index contributed by atoms with van der Waals surface area (Å²) < 4.78 is 1.95. The highest BCUT2D eigenvalue weighted by Gasteiger charge is 2.17. The quantitative estimate of drug-likeness (QED) is 0.789. The van der Waals surface area contributed by atoms with Crippen LogP contribution in [-0.4, -0.2) is 46.6 Å². The molecule has 140 valence electrons. The van der Waals surface area contributed by atoms with E-state index in [1.807, 2.05) is 37.8 Å². The van der Waals surface area contributed by atoms with Crippen molar-refractivity contribution in [2.45, 2.75) is 43.3 Å². The molecule has 1 aromatic carbocycles. The van der Waals surface area contributed by atoms with Crippen LogP contribution in [0.2, 0.25) is 0 Å². The Labute approximate surface area is 159 Å². The lowest BCUT2D eigenvalue weighted by atomic mass is 9.95. The van der Waals surface area contributed by atoms with Gasteiger partial charge in [0.25, 0.3) is 0 Å². The van der Waals surface area contributed by atoms with E-state index in [2.05, 4.69) is 32.5 Å². The van der Waals surface area contributed by atoms with Crippen LogP contribution in [0.5, 0.6) is 0 Å². The van der Waals surface area contributed by atoms with Crippen molar-refractivity contribution in [2.24, 2.45) is 7.05 Å². The summed E-state index contributed by atoms with van der Waals surface area (Å²) in [5.74, 6) is 1.27. The number of rotatable bonds is 6. The fraction of sp³-hybridized carbons (Fsp3) is 0.526. The first-order chi connectivity index (χ1) is 12.5. The van der Waals surface area contributed by atoms with Crippen molar-refractivity contribution in [3.63, 3.8) is 0 Å². The van der Waals surface area contributed by atoms with Crippen LogP contribution in [0.1, 0.15) is 32.1 Å². The molecule has 0 atom stereocenters. The molecule has 0 saturated heterocycles. The van der Waals surface area contributed by atoms with Crippen molar-refractivity contribution < 1.29 is 4.79 Å². The van der Waals surface area contributed by atoms with Crippen molar-refractivity contribution in [3.8, 4) is 11.4 Å². The molecule has 1 aliphatic rings. The van der Waals surface area contributed by atoms with Gasteiger partial charge in [-0.1, -0.05) is 43.2 Å². The lowest BCUT2D eigenvalue weighted by molar-refractivity contribution is -0.119. The van der Waals surface area contributed by atoms with Crippen LogP contribution < -0.4 is 10.2 Å². The molecule has 0 radical (unpaired) electrons. The van der Waals surface area contributed by atoms with Gasteiger partial charge < -0.3 is 14.8 Å². The Balaban J connectivity index is 1.62. The van der Waals surface area contributed by atoms with Gasteiger partial charge in [-0.05, 0) is 25.0 Å². The van der Waals surface area contributed by atoms with Gasteiger partial charge in [0.15, 0.2) is 11.0 Å². The largest absolute Gasteiger partial charge is 0.378 e. The molecule has 6 nitrogen and oxygen atoms in total. The van der Waals surface area contributed by atoms with E-state index in [0.29, 0.717) is 11.8 Å². The summed E-state index contributed by atoms with van der Waals surface area (Å²) in [4.78, 5) is 14.3. The number of hydrogen-bond acceptors (Lipinski definition) is 5. The minimum atomic E-state index is 0.0843. The Bertz CT molecular complexity index is 752. The summed E-state index contributed by atoms with van der Waals surface area (Å²) in [6, 6.07) is 8.55. The molecule has 1 aliphatic carbocycles. The fourth-order valence-corrected chi connectivity index (χ4v) is 3.98. The molecular weight excluding hydrogens is 346 g/mol. The van der Waals surface area contributed by atoms with Gasteiger partial charge in [0, 0.05) is 38.4 Å². The number of nitrogens with one attached hydrogen (secondary N) is 1. The zero-order valence-corrected chi connectivity index (χ0v) is 16.6. The van der Waals surface area contributed by atoms with Gasteiger partial charge in [0.1, 0.15) is 0 Å². The number of thioether (sulfide) groups is 1. The van der Waals surface area contributed by atoms with Crippen LogP contribution in [0.3, 0.4) is 0 Å². The summed E-state index contributed by atoms with van der Waals surface area (Å²) in [6.45, 7) is 0. The van der Waals surface area contributed by atoms with E-state index in [-0.39, 0.29) is 5.91 Å². The zero-order valence-electron chi connectivity index (χ0n) is 15.7. The van der Waals surface area contributed by atoms with E-state index in [1.165, 1.54) is 31.0 Å². The van der Waals surface area contributed by atoms with Gasteiger partial charge in [-0.25, -0.2) is 0 Å². The van der Waals surface area contributed by atoms with E-state index < -0.39 is 0 Å². The molecule has 3 rings (SSSR count). The molecule has 0 spiro atoms. The van der Waals surface area contributed by atoms with Crippen LogP contribution in [0.25, 0.3) is 11.4 Å². The lowest BCUT2D eigenvalue weighted by Gasteiger charge is -2.22. The summed E-state index contributed by atoms with van der Waals surface area (Å²) in [5, 5.41) is 12.5. The van der Waals surface area contributed by atoms with Crippen LogP contribution in [-0.2, 0) is 11.8 Å². The second-order valence-electron chi connectivity index (χ2n) is 7.00. The van der Waals surface area contributed by atoms with Gasteiger partial charge in [0.05, 0.1) is 5.75 Å². The molecule has 1 N–H and O–H groups in total. The number of carbonyl (C=O) groups is 1. The van der Waals surface area contributed by atoms with Crippen LogP contribution >= 0.6 is 11.8 Å². The normalized spacial score (nSPS) is 15.0. The first kappa shape index (κ1) is 18.8. The Morgan fingerprint density at radius 3 is 2.77 bits per heavy atom. The van der Waals surface area contributed by atoms with Crippen molar-refractivity contribution in [3.05, 3.63) is 24.3 Å². The number of anilines is 1. The van der Waals surface area contributed by atoms with Crippen molar-refractivity contribution in [2.75, 3.05) is 24.7 Å². The third-order valence-corrected chi connectivity index (χ3v) is 5.78. The van der Waals surface area contributed by atoms with Crippen LogP contribution in [0, 0.1) is 0 Å². The summed E-state index contributed by atoms with van der Waals surface area (Å²) >= 11 is 1.44. The van der Waals surface area contributed by atoms with Crippen molar-refractivity contribution >= 4 is 23.4 Å². The Morgan fingerprint density at radius 1 is 1.27 bits per heavy atom. The number of hydrogen-bond donors (Lipinski definition) is 1. The topological polar surface area (TPSA) is 63.1 Å². The number of amides is 1.